The second kappa shape index (κ2) is 5.05. The molecule has 1 fully saturated rings. The topological polar surface area (TPSA) is 54.0 Å². The first-order valence-corrected chi connectivity index (χ1v) is 5.27. The normalized spacial score (nSPS) is 18.9. The minimum absolute atomic E-state index is 0.0148. The van der Waals surface area contributed by atoms with E-state index in [1.807, 2.05) is 25.1 Å². The van der Waals surface area contributed by atoms with Crippen LogP contribution < -0.4 is 9.47 Å². The number of esters is 1. The summed E-state index contributed by atoms with van der Waals surface area (Å²) in [6.45, 7) is 2.11. The predicted octanol–water partition coefficient (Wildman–Crippen LogP) is 1.28. The summed E-state index contributed by atoms with van der Waals surface area (Å²) in [7, 11) is 1.58. The van der Waals surface area contributed by atoms with Crippen LogP contribution in [0.2, 0.25) is 0 Å². The number of hydrogen-bond donors (Lipinski definition) is 0. The van der Waals surface area contributed by atoms with Gasteiger partial charge in [-0.2, -0.15) is 0 Å². The highest BCUT2D eigenvalue weighted by atomic mass is 16.8. The average molecular weight is 238 g/mol. The summed E-state index contributed by atoms with van der Waals surface area (Å²) in [6, 6.07) is 5.60. The van der Waals surface area contributed by atoms with Gasteiger partial charge in [-0.25, -0.2) is 4.79 Å². The SMILES string of the molecule is COc1cc(C)ccc1OCC1OCC(=O)O1. The molecule has 1 aromatic carbocycles. The fraction of sp³-hybridized carbons (Fsp3) is 0.417. The van der Waals surface area contributed by atoms with E-state index >= 15 is 0 Å². The molecule has 0 aliphatic carbocycles. The largest absolute Gasteiger partial charge is 0.493 e. The molecule has 1 aliphatic rings. The third-order valence-corrected chi connectivity index (χ3v) is 2.34. The Morgan fingerprint density at radius 3 is 2.88 bits per heavy atom. The fourth-order valence-corrected chi connectivity index (χ4v) is 1.51. The highest BCUT2D eigenvalue weighted by Gasteiger charge is 2.24. The zero-order valence-electron chi connectivity index (χ0n) is 9.76. The Morgan fingerprint density at radius 1 is 1.41 bits per heavy atom. The number of methoxy groups -OCH3 is 1. The Balaban J connectivity index is 1.96. The van der Waals surface area contributed by atoms with Crippen molar-refractivity contribution >= 4 is 5.97 Å². The summed E-state index contributed by atoms with van der Waals surface area (Å²) in [6.07, 6.45) is -0.631. The number of cyclic esters (lactones) is 1. The maximum Gasteiger partial charge on any atom is 0.334 e. The summed E-state index contributed by atoms with van der Waals surface area (Å²) >= 11 is 0. The summed E-state index contributed by atoms with van der Waals surface area (Å²) in [5.41, 5.74) is 1.08. The summed E-state index contributed by atoms with van der Waals surface area (Å²) in [5, 5.41) is 0. The van der Waals surface area contributed by atoms with Gasteiger partial charge in [0.05, 0.1) is 7.11 Å². The first kappa shape index (κ1) is 11.7. The minimum atomic E-state index is -0.631. The summed E-state index contributed by atoms with van der Waals surface area (Å²) in [4.78, 5) is 10.8. The summed E-state index contributed by atoms with van der Waals surface area (Å²) < 4.78 is 20.6. The lowest BCUT2D eigenvalue weighted by molar-refractivity contribution is -0.145. The molecule has 92 valence electrons. The van der Waals surface area contributed by atoms with Crippen LogP contribution in [0.25, 0.3) is 0 Å². The van der Waals surface area contributed by atoms with Gasteiger partial charge in [0.2, 0.25) is 6.29 Å². The first-order valence-electron chi connectivity index (χ1n) is 5.27. The number of benzene rings is 1. The van der Waals surface area contributed by atoms with Gasteiger partial charge in [0.25, 0.3) is 0 Å². The number of aryl methyl sites for hydroxylation is 1. The molecule has 1 saturated heterocycles. The molecule has 5 nitrogen and oxygen atoms in total. The number of carbonyl (C=O) groups is 1. The van der Waals surface area contributed by atoms with Crippen molar-refractivity contribution in [2.75, 3.05) is 20.3 Å². The van der Waals surface area contributed by atoms with Crippen molar-refractivity contribution in [1.29, 1.82) is 0 Å². The summed E-state index contributed by atoms with van der Waals surface area (Å²) in [5.74, 6) is 0.883. The molecule has 1 aromatic rings. The second-order valence-electron chi connectivity index (χ2n) is 3.70. The number of ether oxygens (including phenoxy) is 4. The first-order chi connectivity index (χ1) is 8.19. The smallest absolute Gasteiger partial charge is 0.334 e. The Kier molecular flexibility index (Phi) is 3.49. The van der Waals surface area contributed by atoms with Crippen molar-refractivity contribution in [3.63, 3.8) is 0 Å². The quantitative estimate of drug-likeness (QED) is 0.740. The number of carbonyl (C=O) groups excluding carboxylic acids is 1. The van der Waals surface area contributed by atoms with Gasteiger partial charge in [0.15, 0.2) is 18.1 Å². The Hall–Kier alpha value is -1.75. The van der Waals surface area contributed by atoms with E-state index in [0.29, 0.717) is 11.5 Å². The molecule has 5 heteroatoms. The number of rotatable bonds is 4. The van der Waals surface area contributed by atoms with E-state index in [1.165, 1.54) is 0 Å². The van der Waals surface area contributed by atoms with Crippen molar-refractivity contribution in [3.8, 4) is 11.5 Å². The molecule has 1 atom stereocenters. The molecule has 0 radical (unpaired) electrons. The number of hydrogen-bond acceptors (Lipinski definition) is 5. The maximum absolute atomic E-state index is 10.8. The van der Waals surface area contributed by atoms with Crippen molar-refractivity contribution in [2.45, 2.75) is 13.2 Å². The van der Waals surface area contributed by atoms with Gasteiger partial charge in [0.1, 0.15) is 6.61 Å². The Bertz CT molecular complexity index is 415. The van der Waals surface area contributed by atoms with E-state index in [1.54, 1.807) is 7.11 Å². The molecule has 2 rings (SSSR count). The van der Waals surface area contributed by atoms with E-state index in [2.05, 4.69) is 0 Å². The van der Waals surface area contributed by atoms with Crippen molar-refractivity contribution < 1.29 is 23.7 Å². The Labute approximate surface area is 99.2 Å². The molecule has 0 N–H and O–H groups in total. The van der Waals surface area contributed by atoms with Crippen LogP contribution in [0.1, 0.15) is 5.56 Å². The monoisotopic (exact) mass is 238 g/mol. The van der Waals surface area contributed by atoms with Gasteiger partial charge in [-0.05, 0) is 24.6 Å². The van der Waals surface area contributed by atoms with E-state index in [9.17, 15) is 4.79 Å². The van der Waals surface area contributed by atoms with Crippen LogP contribution in [0.3, 0.4) is 0 Å². The molecule has 0 aromatic heterocycles. The van der Waals surface area contributed by atoms with E-state index in [4.69, 9.17) is 18.9 Å². The van der Waals surface area contributed by atoms with Gasteiger partial charge in [-0.15, -0.1) is 0 Å². The highest BCUT2D eigenvalue weighted by Crippen LogP contribution is 2.28. The Morgan fingerprint density at radius 2 is 2.24 bits per heavy atom. The standard InChI is InChI=1S/C12H14O5/c1-8-3-4-9(10(5-8)14-2)15-7-12-16-6-11(13)17-12/h3-5,12H,6-7H2,1-2H3. The maximum atomic E-state index is 10.8. The van der Waals surface area contributed by atoms with Gasteiger partial charge in [0, 0.05) is 0 Å². The molecular formula is C12H14O5. The van der Waals surface area contributed by atoms with E-state index in [0.717, 1.165) is 5.56 Å². The molecular weight excluding hydrogens is 224 g/mol. The average Bonchev–Trinajstić information content (AvgIpc) is 2.73. The molecule has 0 amide bonds. The zero-order chi connectivity index (χ0) is 12.3. The molecule has 1 unspecified atom stereocenters. The van der Waals surface area contributed by atoms with Crippen LogP contribution in [-0.4, -0.2) is 32.6 Å². The third kappa shape index (κ3) is 2.88. The molecule has 1 heterocycles. The molecule has 0 bridgehead atoms. The minimum Gasteiger partial charge on any atom is -0.493 e. The molecule has 0 saturated carbocycles. The van der Waals surface area contributed by atoms with Gasteiger partial charge in [-0.1, -0.05) is 6.07 Å². The lowest BCUT2D eigenvalue weighted by atomic mass is 10.2. The van der Waals surface area contributed by atoms with Crippen molar-refractivity contribution in [1.82, 2.24) is 0 Å². The molecule has 1 aliphatic heterocycles. The second-order valence-corrected chi connectivity index (χ2v) is 3.70. The van der Waals surface area contributed by atoms with E-state index in [-0.39, 0.29) is 19.2 Å². The van der Waals surface area contributed by atoms with Gasteiger partial charge in [-0.3, -0.25) is 0 Å². The molecule has 17 heavy (non-hydrogen) atoms. The van der Waals surface area contributed by atoms with E-state index < -0.39 is 6.29 Å². The van der Waals surface area contributed by atoms with Crippen LogP contribution in [0, 0.1) is 6.92 Å². The van der Waals surface area contributed by atoms with Crippen LogP contribution >= 0.6 is 0 Å². The molecule has 0 spiro atoms. The van der Waals surface area contributed by atoms with Gasteiger partial charge < -0.3 is 18.9 Å². The zero-order valence-corrected chi connectivity index (χ0v) is 9.76. The van der Waals surface area contributed by atoms with Crippen LogP contribution in [0.15, 0.2) is 18.2 Å². The van der Waals surface area contributed by atoms with Crippen molar-refractivity contribution in [2.24, 2.45) is 0 Å². The van der Waals surface area contributed by atoms with Crippen LogP contribution in [0.5, 0.6) is 11.5 Å². The van der Waals surface area contributed by atoms with Crippen LogP contribution in [-0.2, 0) is 14.3 Å². The highest BCUT2D eigenvalue weighted by molar-refractivity contribution is 5.72. The lowest BCUT2D eigenvalue weighted by Gasteiger charge is -2.13. The fourth-order valence-electron chi connectivity index (χ4n) is 1.51. The predicted molar refractivity (Wildman–Crippen MR) is 59.1 cm³/mol. The lowest BCUT2D eigenvalue weighted by Crippen LogP contribution is -2.19. The van der Waals surface area contributed by atoms with Crippen molar-refractivity contribution in [3.05, 3.63) is 23.8 Å². The van der Waals surface area contributed by atoms with Gasteiger partial charge >= 0.3 is 5.97 Å². The van der Waals surface area contributed by atoms with Crippen LogP contribution in [0.4, 0.5) is 0 Å². The third-order valence-electron chi connectivity index (χ3n) is 2.34.